The Morgan fingerprint density at radius 3 is 2.69 bits per heavy atom. The van der Waals surface area contributed by atoms with Crippen molar-refractivity contribution in [1.29, 1.82) is 0 Å². The van der Waals surface area contributed by atoms with Crippen molar-refractivity contribution in [2.45, 2.75) is 18.4 Å². The number of carbonyl (C=O) groups is 1. The van der Waals surface area contributed by atoms with Crippen LogP contribution in [0.4, 0.5) is 10.1 Å². The average molecular weight is 388 g/mol. The summed E-state index contributed by atoms with van der Waals surface area (Å²) in [5.74, 6) is -0.385. The number of nitrogens with zero attached hydrogens (tertiary/aromatic N) is 4. The van der Waals surface area contributed by atoms with E-state index in [-0.39, 0.29) is 17.1 Å². The lowest BCUT2D eigenvalue weighted by atomic mass is 9.85. The number of rotatable bonds is 3. The summed E-state index contributed by atoms with van der Waals surface area (Å²) in [4.78, 5) is 26.1. The number of benzene rings is 1. The molecular formula is C23H21FN4O. The normalized spacial score (nSPS) is 20.3. The zero-order valence-corrected chi connectivity index (χ0v) is 16.0. The summed E-state index contributed by atoms with van der Waals surface area (Å²) in [5, 5.41) is 0. The summed E-state index contributed by atoms with van der Waals surface area (Å²) < 4.78 is 13.2. The van der Waals surface area contributed by atoms with Crippen LogP contribution >= 0.6 is 0 Å². The van der Waals surface area contributed by atoms with Crippen molar-refractivity contribution < 1.29 is 9.18 Å². The van der Waals surface area contributed by atoms with Crippen LogP contribution in [-0.4, -0.2) is 40.4 Å². The van der Waals surface area contributed by atoms with E-state index in [1.54, 1.807) is 18.3 Å². The van der Waals surface area contributed by atoms with Crippen molar-refractivity contribution in [3.05, 3.63) is 89.8 Å². The van der Waals surface area contributed by atoms with Crippen LogP contribution in [0.2, 0.25) is 0 Å². The average Bonchev–Trinajstić information content (AvgIpc) is 3.31. The van der Waals surface area contributed by atoms with Gasteiger partial charge in [0, 0.05) is 50.3 Å². The maximum absolute atomic E-state index is 13.2. The maximum Gasteiger partial charge on any atom is 0.253 e. The molecule has 2 aliphatic heterocycles. The predicted molar refractivity (Wildman–Crippen MR) is 108 cm³/mol. The van der Waals surface area contributed by atoms with Crippen LogP contribution in [0, 0.1) is 5.82 Å². The Bertz CT molecular complexity index is 1040. The third-order valence-corrected chi connectivity index (χ3v) is 5.95. The summed E-state index contributed by atoms with van der Waals surface area (Å²) >= 11 is 0. The first-order valence-corrected chi connectivity index (χ1v) is 9.79. The fourth-order valence-electron chi connectivity index (χ4n) is 4.58. The summed E-state index contributed by atoms with van der Waals surface area (Å²) in [7, 11) is 0. The first-order valence-electron chi connectivity index (χ1n) is 9.79. The largest absolute Gasteiger partial charge is 0.365 e. The molecule has 1 unspecified atom stereocenters. The molecule has 0 bridgehead atoms. The number of hydrogen-bond acceptors (Lipinski definition) is 4. The van der Waals surface area contributed by atoms with Gasteiger partial charge < -0.3 is 9.80 Å². The van der Waals surface area contributed by atoms with E-state index in [2.05, 4.69) is 22.0 Å². The van der Waals surface area contributed by atoms with Gasteiger partial charge in [0.05, 0.1) is 16.8 Å². The molecule has 0 aliphatic carbocycles. The summed E-state index contributed by atoms with van der Waals surface area (Å²) in [6, 6.07) is 13.9. The van der Waals surface area contributed by atoms with Gasteiger partial charge in [-0.25, -0.2) is 4.39 Å². The molecule has 0 saturated carbocycles. The van der Waals surface area contributed by atoms with Crippen molar-refractivity contribution in [3.8, 4) is 0 Å². The van der Waals surface area contributed by atoms with Gasteiger partial charge in [-0.15, -0.1) is 0 Å². The smallest absolute Gasteiger partial charge is 0.253 e. The summed E-state index contributed by atoms with van der Waals surface area (Å²) in [5.41, 5.74) is 3.70. The van der Waals surface area contributed by atoms with Crippen molar-refractivity contribution in [3.63, 3.8) is 0 Å². The van der Waals surface area contributed by atoms with Crippen molar-refractivity contribution in [1.82, 2.24) is 14.9 Å². The fraction of sp³-hybridized carbons (Fsp3) is 0.261. The zero-order chi connectivity index (χ0) is 19.8. The molecule has 5 rings (SSSR count). The molecule has 0 N–H and O–H groups in total. The van der Waals surface area contributed by atoms with Crippen LogP contribution in [0.25, 0.3) is 0 Å². The molecule has 29 heavy (non-hydrogen) atoms. The van der Waals surface area contributed by atoms with Gasteiger partial charge >= 0.3 is 0 Å². The topological polar surface area (TPSA) is 49.3 Å². The zero-order valence-electron chi connectivity index (χ0n) is 16.0. The van der Waals surface area contributed by atoms with E-state index >= 15 is 0 Å². The molecule has 1 aromatic carbocycles. The number of pyridine rings is 2. The van der Waals surface area contributed by atoms with Crippen LogP contribution in [0.5, 0.6) is 0 Å². The minimum Gasteiger partial charge on any atom is -0.365 e. The van der Waals surface area contributed by atoms with Gasteiger partial charge in [-0.05, 0) is 54.4 Å². The number of hydrogen-bond donors (Lipinski definition) is 0. The molecule has 6 heteroatoms. The minimum absolute atomic E-state index is 0.0509. The van der Waals surface area contributed by atoms with E-state index in [1.165, 1.54) is 12.1 Å². The Morgan fingerprint density at radius 1 is 1.07 bits per heavy atom. The Labute approximate surface area is 168 Å². The molecule has 0 radical (unpaired) electrons. The number of fused-ring (bicyclic) bond motifs is 2. The number of carbonyl (C=O) groups excluding carboxylic acids is 1. The Hall–Kier alpha value is -3.28. The Balaban J connectivity index is 1.41. The van der Waals surface area contributed by atoms with Gasteiger partial charge in [0.15, 0.2) is 0 Å². The highest BCUT2D eigenvalue weighted by molar-refractivity contribution is 5.94. The van der Waals surface area contributed by atoms with Crippen molar-refractivity contribution in [2.75, 3.05) is 24.5 Å². The van der Waals surface area contributed by atoms with E-state index in [9.17, 15) is 9.18 Å². The second kappa shape index (κ2) is 6.95. The van der Waals surface area contributed by atoms with E-state index in [0.717, 1.165) is 36.5 Å². The Kier molecular flexibility index (Phi) is 4.27. The molecule has 1 amide bonds. The number of aromatic nitrogens is 2. The quantitative estimate of drug-likeness (QED) is 0.690. The van der Waals surface area contributed by atoms with Crippen LogP contribution in [0.1, 0.15) is 28.0 Å². The van der Waals surface area contributed by atoms with Crippen LogP contribution in [0.3, 0.4) is 0 Å². The van der Waals surface area contributed by atoms with Gasteiger partial charge in [0.2, 0.25) is 0 Å². The lowest BCUT2D eigenvalue weighted by molar-refractivity contribution is 0.0784. The highest BCUT2D eigenvalue weighted by Gasteiger charge is 2.49. The van der Waals surface area contributed by atoms with Gasteiger partial charge in [-0.2, -0.15) is 0 Å². The second-order valence-electron chi connectivity index (χ2n) is 7.85. The molecule has 5 nitrogen and oxygen atoms in total. The maximum atomic E-state index is 13.2. The molecule has 1 atom stereocenters. The van der Waals surface area contributed by atoms with Crippen LogP contribution < -0.4 is 4.90 Å². The summed E-state index contributed by atoms with van der Waals surface area (Å²) in [6.07, 6.45) is 6.37. The second-order valence-corrected chi connectivity index (χ2v) is 7.85. The van der Waals surface area contributed by atoms with Crippen LogP contribution in [0.15, 0.2) is 67.1 Å². The van der Waals surface area contributed by atoms with E-state index in [1.807, 2.05) is 29.4 Å². The molecule has 3 aromatic rings. The molecule has 1 spiro atoms. The first-order chi connectivity index (χ1) is 14.1. The van der Waals surface area contributed by atoms with Crippen LogP contribution in [-0.2, 0) is 12.0 Å². The SMILES string of the molecule is O=C(c1ccc(F)cc1)N1CCC2(C1)CN(Cc1cccnc1)c1cccnc12. The van der Waals surface area contributed by atoms with Gasteiger partial charge in [-0.1, -0.05) is 6.07 Å². The molecule has 146 valence electrons. The highest BCUT2D eigenvalue weighted by atomic mass is 19.1. The number of amides is 1. The van der Waals surface area contributed by atoms with Gasteiger partial charge in [0.1, 0.15) is 5.82 Å². The standard InChI is InChI=1S/C23H21FN4O/c24-19-7-5-18(6-8-19)22(29)27-12-9-23(15-27)16-28(14-17-3-1-10-25-13-17)20-4-2-11-26-21(20)23/h1-8,10-11,13H,9,12,14-16H2. The van der Waals surface area contributed by atoms with Crippen molar-refractivity contribution >= 4 is 11.6 Å². The fourth-order valence-corrected chi connectivity index (χ4v) is 4.58. The third kappa shape index (κ3) is 3.14. The van der Waals surface area contributed by atoms with E-state index in [0.29, 0.717) is 18.7 Å². The van der Waals surface area contributed by atoms with E-state index in [4.69, 9.17) is 4.98 Å². The first kappa shape index (κ1) is 17.8. The molecule has 4 heterocycles. The molecule has 2 aliphatic rings. The van der Waals surface area contributed by atoms with Gasteiger partial charge in [-0.3, -0.25) is 14.8 Å². The number of anilines is 1. The molecular weight excluding hydrogens is 367 g/mol. The highest BCUT2D eigenvalue weighted by Crippen LogP contribution is 2.45. The number of halogens is 1. The van der Waals surface area contributed by atoms with Gasteiger partial charge in [0.25, 0.3) is 5.91 Å². The van der Waals surface area contributed by atoms with E-state index < -0.39 is 0 Å². The third-order valence-electron chi connectivity index (χ3n) is 5.95. The predicted octanol–water partition coefficient (Wildman–Crippen LogP) is 3.42. The van der Waals surface area contributed by atoms with Crippen molar-refractivity contribution in [2.24, 2.45) is 0 Å². The molecule has 1 fully saturated rings. The molecule has 1 saturated heterocycles. The lowest BCUT2D eigenvalue weighted by Crippen LogP contribution is -2.38. The monoisotopic (exact) mass is 388 g/mol. The summed E-state index contributed by atoms with van der Waals surface area (Å²) in [6.45, 7) is 2.88. The number of likely N-dealkylation sites (tertiary alicyclic amines) is 1. The molecule has 2 aromatic heterocycles. The Morgan fingerprint density at radius 2 is 1.90 bits per heavy atom. The lowest BCUT2D eigenvalue weighted by Gasteiger charge is -2.26. The minimum atomic E-state index is -0.334.